The van der Waals surface area contributed by atoms with Crippen LogP contribution in [0.1, 0.15) is 25.8 Å². The molecular formula is C15H26N2O. The first kappa shape index (κ1) is 15.0. The molecule has 1 aromatic rings. The number of likely N-dealkylation sites (N-methyl/N-ethyl adjacent to an activating group) is 1. The Morgan fingerprint density at radius 3 is 2.39 bits per heavy atom. The van der Waals surface area contributed by atoms with E-state index in [2.05, 4.69) is 37.9 Å². The van der Waals surface area contributed by atoms with E-state index >= 15 is 0 Å². The van der Waals surface area contributed by atoms with Crippen molar-refractivity contribution in [2.24, 2.45) is 0 Å². The topological polar surface area (TPSA) is 38.5 Å². The number of nitrogens with two attached hydrogens (primary N) is 1. The third-order valence-corrected chi connectivity index (χ3v) is 3.25. The van der Waals surface area contributed by atoms with Crippen LogP contribution in [0, 0.1) is 0 Å². The highest BCUT2D eigenvalue weighted by Crippen LogP contribution is 2.24. The lowest BCUT2D eigenvalue weighted by atomic mass is 9.84. The van der Waals surface area contributed by atoms with Gasteiger partial charge in [-0.2, -0.15) is 0 Å². The first-order valence-electron chi connectivity index (χ1n) is 6.49. The molecular weight excluding hydrogens is 224 g/mol. The number of anilines is 1. The van der Waals surface area contributed by atoms with Crippen LogP contribution in [0.25, 0.3) is 0 Å². The van der Waals surface area contributed by atoms with Crippen molar-refractivity contribution in [3.8, 4) is 0 Å². The van der Waals surface area contributed by atoms with Crippen molar-refractivity contribution in [3.05, 3.63) is 29.8 Å². The molecule has 102 valence electrons. The number of hydrogen-bond acceptors (Lipinski definition) is 3. The van der Waals surface area contributed by atoms with E-state index in [1.165, 1.54) is 5.56 Å². The van der Waals surface area contributed by atoms with Gasteiger partial charge in [0.05, 0.1) is 0 Å². The summed E-state index contributed by atoms with van der Waals surface area (Å²) in [6.45, 7) is 7.45. The summed E-state index contributed by atoms with van der Waals surface area (Å²) in [5.74, 6) is 0. The molecule has 0 atom stereocenters. The molecule has 0 unspecified atom stereocenters. The van der Waals surface area contributed by atoms with E-state index in [1.54, 1.807) is 7.11 Å². The summed E-state index contributed by atoms with van der Waals surface area (Å²) in [5.41, 5.74) is 8.01. The van der Waals surface area contributed by atoms with Gasteiger partial charge in [-0.15, -0.1) is 0 Å². The van der Waals surface area contributed by atoms with Gasteiger partial charge < -0.3 is 15.4 Å². The average molecular weight is 250 g/mol. The van der Waals surface area contributed by atoms with Crippen LogP contribution in [0.5, 0.6) is 0 Å². The lowest BCUT2D eigenvalue weighted by molar-refractivity contribution is 0.173. The fraction of sp³-hybridized carbons (Fsp3) is 0.600. The summed E-state index contributed by atoms with van der Waals surface area (Å²) >= 11 is 0. The maximum atomic E-state index is 5.73. The molecule has 0 aliphatic rings. The second kappa shape index (κ2) is 6.76. The summed E-state index contributed by atoms with van der Waals surface area (Å²) in [6, 6.07) is 8.20. The molecule has 0 bridgehead atoms. The van der Waals surface area contributed by atoms with Crippen LogP contribution < -0.4 is 5.73 Å². The number of nitrogen functional groups attached to an aromatic ring is 1. The second-order valence-corrected chi connectivity index (χ2v) is 5.59. The highest BCUT2D eigenvalue weighted by Gasteiger charge is 2.22. The normalized spacial score (nSPS) is 12.1. The standard InChI is InChI=1S/C15H26N2O/c1-15(2,12-17(3)10-5-11-18-4)13-6-8-14(16)9-7-13/h6-9H,5,10-12,16H2,1-4H3. The lowest BCUT2D eigenvalue weighted by Crippen LogP contribution is -2.35. The van der Waals surface area contributed by atoms with E-state index in [0.717, 1.165) is 31.8 Å². The van der Waals surface area contributed by atoms with Crippen molar-refractivity contribution < 1.29 is 4.74 Å². The minimum absolute atomic E-state index is 0.134. The summed E-state index contributed by atoms with van der Waals surface area (Å²) in [4.78, 5) is 2.36. The molecule has 0 saturated carbocycles. The quantitative estimate of drug-likeness (QED) is 0.597. The van der Waals surface area contributed by atoms with Crippen molar-refractivity contribution in [3.63, 3.8) is 0 Å². The van der Waals surface area contributed by atoms with Gasteiger partial charge in [0.1, 0.15) is 0 Å². The Kier molecular flexibility index (Phi) is 5.63. The van der Waals surface area contributed by atoms with Crippen molar-refractivity contribution >= 4 is 5.69 Å². The van der Waals surface area contributed by atoms with Crippen molar-refractivity contribution in [2.75, 3.05) is 39.6 Å². The number of methoxy groups -OCH3 is 1. The molecule has 0 amide bonds. The van der Waals surface area contributed by atoms with Crippen LogP contribution in [-0.4, -0.2) is 38.8 Å². The summed E-state index contributed by atoms with van der Waals surface area (Å²) in [5, 5.41) is 0. The van der Waals surface area contributed by atoms with Crippen molar-refractivity contribution in [2.45, 2.75) is 25.7 Å². The molecule has 0 aliphatic carbocycles. The Hall–Kier alpha value is -1.06. The summed E-state index contributed by atoms with van der Waals surface area (Å²) < 4.78 is 5.08. The van der Waals surface area contributed by atoms with Gasteiger partial charge in [-0.1, -0.05) is 26.0 Å². The Labute approximate surface area is 111 Å². The monoisotopic (exact) mass is 250 g/mol. The number of ether oxygens (including phenoxy) is 1. The molecule has 0 aromatic heterocycles. The zero-order valence-electron chi connectivity index (χ0n) is 12.1. The number of rotatable bonds is 7. The summed E-state index contributed by atoms with van der Waals surface area (Å²) in [7, 11) is 3.91. The van der Waals surface area contributed by atoms with E-state index in [9.17, 15) is 0 Å². The smallest absolute Gasteiger partial charge is 0.0474 e. The molecule has 0 spiro atoms. The molecule has 0 saturated heterocycles. The van der Waals surface area contributed by atoms with Crippen molar-refractivity contribution in [1.82, 2.24) is 4.90 Å². The van der Waals surface area contributed by atoms with Gasteiger partial charge in [-0.3, -0.25) is 0 Å². The van der Waals surface area contributed by atoms with Crippen LogP contribution in [-0.2, 0) is 10.2 Å². The number of nitrogens with zero attached hydrogens (tertiary/aromatic N) is 1. The minimum Gasteiger partial charge on any atom is -0.399 e. The molecule has 3 heteroatoms. The molecule has 0 heterocycles. The van der Waals surface area contributed by atoms with E-state index < -0.39 is 0 Å². The largest absolute Gasteiger partial charge is 0.399 e. The molecule has 3 nitrogen and oxygen atoms in total. The van der Waals surface area contributed by atoms with Crippen LogP contribution in [0.15, 0.2) is 24.3 Å². The second-order valence-electron chi connectivity index (χ2n) is 5.59. The van der Waals surface area contributed by atoms with Gasteiger partial charge >= 0.3 is 0 Å². The number of hydrogen-bond donors (Lipinski definition) is 1. The van der Waals surface area contributed by atoms with E-state index in [0.29, 0.717) is 0 Å². The van der Waals surface area contributed by atoms with Gasteiger partial charge in [0.25, 0.3) is 0 Å². The van der Waals surface area contributed by atoms with E-state index in [4.69, 9.17) is 10.5 Å². The maximum absolute atomic E-state index is 5.73. The molecule has 0 fully saturated rings. The summed E-state index contributed by atoms with van der Waals surface area (Å²) in [6.07, 6.45) is 1.07. The van der Waals surface area contributed by atoms with Crippen molar-refractivity contribution in [1.29, 1.82) is 0 Å². The maximum Gasteiger partial charge on any atom is 0.0474 e. The first-order chi connectivity index (χ1) is 8.45. The minimum atomic E-state index is 0.134. The predicted octanol–water partition coefficient (Wildman–Crippen LogP) is 2.51. The molecule has 1 aromatic carbocycles. The van der Waals surface area contributed by atoms with Crippen LogP contribution in [0.4, 0.5) is 5.69 Å². The van der Waals surface area contributed by atoms with Gasteiger partial charge in [-0.25, -0.2) is 0 Å². The Bertz CT molecular complexity index is 346. The van der Waals surface area contributed by atoms with Gasteiger partial charge in [0.15, 0.2) is 0 Å². The van der Waals surface area contributed by atoms with E-state index in [1.807, 2.05) is 12.1 Å². The number of benzene rings is 1. The van der Waals surface area contributed by atoms with E-state index in [-0.39, 0.29) is 5.41 Å². The molecule has 1 rings (SSSR count). The van der Waals surface area contributed by atoms with Crippen LogP contribution >= 0.6 is 0 Å². The zero-order chi connectivity index (χ0) is 13.6. The third kappa shape index (κ3) is 4.67. The fourth-order valence-corrected chi connectivity index (χ4v) is 2.26. The first-order valence-corrected chi connectivity index (χ1v) is 6.49. The van der Waals surface area contributed by atoms with Gasteiger partial charge in [0.2, 0.25) is 0 Å². The van der Waals surface area contributed by atoms with Gasteiger partial charge in [-0.05, 0) is 31.2 Å². The van der Waals surface area contributed by atoms with Crippen LogP contribution in [0.3, 0.4) is 0 Å². The Balaban J connectivity index is 2.55. The fourth-order valence-electron chi connectivity index (χ4n) is 2.26. The zero-order valence-corrected chi connectivity index (χ0v) is 12.1. The highest BCUT2D eigenvalue weighted by atomic mass is 16.5. The Morgan fingerprint density at radius 1 is 1.22 bits per heavy atom. The SMILES string of the molecule is COCCCN(C)CC(C)(C)c1ccc(N)cc1. The third-order valence-electron chi connectivity index (χ3n) is 3.25. The molecule has 2 N–H and O–H groups in total. The average Bonchev–Trinajstić information content (AvgIpc) is 2.29. The lowest BCUT2D eigenvalue weighted by Gasteiger charge is -2.31. The van der Waals surface area contributed by atoms with Crippen LogP contribution in [0.2, 0.25) is 0 Å². The van der Waals surface area contributed by atoms with Gasteiger partial charge in [0, 0.05) is 37.9 Å². The molecule has 0 radical (unpaired) electrons. The molecule has 0 aliphatic heterocycles. The highest BCUT2D eigenvalue weighted by molar-refractivity contribution is 5.41. The molecule has 18 heavy (non-hydrogen) atoms. The Morgan fingerprint density at radius 2 is 1.83 bits per heavy atom. The predicted molar refractivity (Wildman–Crippen MR) is 77.9 cm³/mol.